The Kier molecular flexibility index (Phi) is 7.39. The van der Waals surface area contributed by atoms with Gasteiger partial charge in [0.05, 0.1) is 24.1 Å². The van der Waals surface area contributed by atoms with Crippen molar-refractivity contribution in [2.75, 3.05) is 22.5 Å². The van der Waals surface area contributed by atoms with Crippen molar-refractivity contribution < 1.29 is 22.7 Å². The number of carbonyl (C=O) groups excluding carboxylic acids is 2. The van der Waals surface area contributed by atoms with Crippen molar-refractivity contribution in [3.8, 4) is 0 Å². The summed E-state index contributed by atoms with van der Waals surface area (Å²) >= 11 is 0. The van der Waals surface area contributed by atoms with E-state index in [9.17, 15) is 18.0 Å². The van der Waals surface area contributed by atoms with Gasteiger partial charge in [0.15, 0.2) is 0 Å². The highest BCUT2D eigenvalue weighted by atomic mass is 32.2. The summed E-state index contributed by atoms with van der Waals surface area (Å²) in [4.78, 5) is 25.0. The van der Waals surface area contributed by atoms with Crippen LogP contribution in [0.5, 0.6) is 0 Å². The van der Waals surface area contributed by atoms with E-state index in [1.54, 1.807) is 63.2 Å². The number of nitrogens with one attached hydrogen (secondary N) is 1. The van der Waals surface area contributed by atoms with Crippen molar-refractivity contribution in [3.63, 3.8) is 0 Å². The molecule has 0 saturated heterocycles. The smallest absolute Gasteiger partial charge is 0.338 e. The summed E-state index contributed by atoms with van der Waals surface area (Å²) in [6, 6.07) is 12.4. The molecule has 0 fully saturated rings. The molecule has 0 heterocycles. The molecule has 2 rings (SSSR count). The number of hydrogen-bond acceptors (Lipinski definition) is 5. The molecule has 0 aliphatic carbocycles. The van der Waals surface area contributed by atoms with Crippen LogP contribution >= 0.6 is 0 Å². The first-order valence-corrected chi connectivity index (χ1v) is 11.2. The summed E-state index contributed by atoms with van der Waals surface area (Å²) in [7, 11) is -3.71. The van der Waals surface area contributed by atoms with Gasteiger partial charge >= 0.3 is 5.97 Å². The SMILES string of the molecule is CCOC(=O)c1ccc(C)c(NC(=O)[C@H](CC)N(c2ccccc2)S(C)(=O)=O)c1. The number of esters is 1. The molecule has 0 unspecified atom stereocenters. The van der Waals surface area contributed by atoms with Crippen LogP contribution in [-0.4, -0.2) is 39.2 Å². The van der Waals surface area contributed by atoms with Gasteiger partial charge in [0.25, 0.3) is 0 Å². The Hall–Kier alpha value is -2.87. The quantitative estimate of drug-likeness (QED) is 0.664. The number of aryl methyl sites for hydroxylation is 1. The topological polar surface area (TPSA) is 92.8 Å². The lowest BCUT2D eigenvalue weighted by molar-refractivity contribution is -0.117. The van der Waals surface area contributed by atoms with Crippen molar-refractivity contribution in [2.45, 2.75) is 33.2 Å². The van der Waals surface area contributed by atoms with Gasteiger partial charge in [0.1, 0.15) is 6.04 Å². The van der Waals surface area contributed by atoms with Gasteiger partial charge in [-0.15, -0.1) is 0 Å². The maximum atomic E-state index is 13.0. The second kappa shape index (κ2) is 9.56. The fourth-order valence-corrected chi connectivity index (χ4v) is 4.16. The van der Waals surface area contributed by atoms with Crippen LogP contribution in [0.4, 0.5) is 11.4 Å². The lowest BCUT2D eigenvalue weighted by atomic mass is 10.1. The molecule has 0 aliphatic heterocycles. The van der Waals surface area contributed by atoms with Gasteiger partial charge in [0, 0.05) is 5.69 Å². The van der Waals surface area contributed by atoms with Crippen LogP contribution < -0.4 is 9.62 Å². The fraction of sp³-hybridized carbons (Fsp3) is 0.333. The molecule has 0 aromatic heterocycles. The number of hydrogen-bond donors (Lipinski definition) is 1. The molecule has 1 N–H and O–H groups in total. The predicted molar refractivity (Wildman–Crippen MR) is 114 cm³/mol. The van der Waals surface area contributed by atoms with Gasteiger partial charge in [-0.3, -0.25) is 9.10 Å². The maximum absolute atomic E-state index is 13.0. The lowest BCUT2D eigenvalue weighted by Crippen LogP contribution is -2.47. The summed E-state index contributed by atoms with van der Waals surface area (Å²) in [5.74, 6) is -0.969. The first-order chi connectivity index (χ1) is 13.7. The third kappa shape index (κ3) is 5.57. The summed E-state index contributed by atoms with van der Waals surface area (Å²) < 4.78 is 31.0. The molecular weight excluding hydrogens is 392 g/mol. The molecule has 7 nitrogen and oxygen atoms in total. The lowest BCUT2D eigenvalue weighted by Gasteiger charge is -2.30. The average molecular weight is 419 g/mol. The number of nitrogens with zero attached hydrogens (tertiary/aromatic N) is 1. The maximum Gasteiger partial charge on any atom is 0.338 e. The molecule has 1 atom stereocenters. The highest BCUT2D eigenvalue weighted by Crippen LogP contribution is 2.24. The number of para-hydroxylation sites is 1. The van der Waals surface area contributed by atoms with Crippen LogP contribution in [0.25, 0.3) is 0 Å². The molecule has 8 heteroatoms. The second-order valence-corrected chi connectivity index (χ2v) is 8.42. The van der Waals surface area contributed by atoms with Crippen molar-refractivity contribution in [1.82, 2.24) is 0 Å². The first-order valence-electron chi connectivity index (χ1n) is 9.32. The largest absolute Gasteiger partial charge is 0.462 e. The van der Waals surface area contributed by atoms with Crippen LogP contribution in [0.2, 0.25) is 0 Å². The van der Waals surface area contributed by atoms with Gasteiger partial charge in [-0.05, 0) is 50.1 Å². The highest BCUT2D eigenvalue weighted by molar-refractivity contribution is 7.92. The van der Waals surface area contributed by atoms with Crippen LogP contribution in [0.1, 0.15) is 36.2 Å². The third-order valence-electron chi connectivity index (χ3n) is 4.35. The second-order valence-electron chi connectivity index (χ2n) is 6.56. The fourth-order valence-electron chi connectivity index (χ4n) is 2.95. The Balaban J connectivity index is 2.36. The Morgan fingerprint density at radius 3 is 2.31 bits per heavy atom. The van der Waals surface area contributed by atoms with Crippen LogP contribution in [-0.2, 0) is 19.6 Å². The first kappa shape index (κ1) is 22.4. The predicted octanol–water partition coefficient (Wildman–Crippen LogP) is 3.36. The molecule has 0 bridgehead atoms. The van der Waals surface area contributed by atoms with Crippen LogP contribution in [0.3, 0.4) is 0 Å². The van der Waals surface area contributed by atoms with E-state index in [1.165, 1.54) is 6.07 Å². The molecular formula is C21H26N2O5S. The van der Waals surface area contributed by atoms with E-state index in [0.717, 1.165) is 16.1 Å². The summed E-state index contributed by atoms with van der Waals surface area (Å²) in [6.07, 6.45) is 1.34. The summed E-state index contributed by atoms with van der Waals surface area (Å²) in [5.41, 5.74) is 1.89. The molecule has 1 amide bonds. The Morgan fingerprint density at radius 2 is 1.76 bits per heavy atom. The molecule has 2 aromatic carbocycles. The molecule has 0 spiro atoms. The number of rotatable bonds is 8. The molecule has 0 saturated carbocycles. The molecule has 29 heavy (non-hydrogen) atoms. The van der Waals surface area contributed by atoms with Crippen molar-refractivity contribution in [1.29, 1.82) is 0 Å². The standard InChI is InChI=1S/C21H26N2O5S/c1-5-19(23(29(4,26)27)17-10-8-7-9-11-17)20(24)22-18-14-16(13-12-15(18)3)21(25)28-6-2/h7-14,19H,5-6H2,1-4H3,(H,22,24)/t19-/m0/s1. The number of anilines is 2. The van der Waals surface area contributed by atoms with Gasteiger partial charge < -0.3 is 10.1 Å². The van der Waals surface area contributed by atoms with E-state index in [0.29, 0.717) is 16.9 Å². The van der Waals surface area contributed by atoms with Crippen LogP contribution in [0, 0.1) is 6.92 Å². The minimum Gasteiger partial charge on any atom is -0.462 e. The highest BCUT2D eigenvalue weighted by Gasteiger charge is 2.31. The molecule has 2 aromatic rings. The summed E-state index contributed by atoms with van der Waals surface area (Å²) in [5, 5.41) is 2.77. The van der Waals surface area contributed by atoms with Crippen molar-refractivity contribution in [3.05, 3.63) is 59.7 Å². The van der Waals surface area contributed by atoms with Gasteiger partial charge in [0.2, 0.25) is 15.9 Å². The number of ether oxygens (including phenoxy) is 1. The molecule has 156 valence electrons. The van der Waals surface area contributed by atoms with Crippen LogP contribution in [0.15, 0.2) is 48.5 Å². The third-order valence-corrected chi connectivity index (χ3v) is 5.53. The van der Waals surface area contributed by atoms with E-state index in [2.05, 4.69) is 5.32 Å². The van der Waals surface area contributed by atoms with E-state index < -0.39 is 27.9 Å². The number of amides is 1. The number of sulfonamides is 1. The Labute approximate surface area is 171 Å². The number of benzene rings is 2. The minimum absolute atomic E-state index is 0.243. The van der Waals surface area contributed by atoms with Gasteiger partial charge in [-0.2, -0.15) is 0 Å². The van der Waals surface area contributed by atoms with Crippen molar-refractivity contribution in [2.24, 2.45) is 0 Å². The van der Waals surface area contributed by atoms with E-state index in [1.807, 2.05) is 0 Å². The Bertz CT molecular complexity index is 974. The van der Waals surface area contributed by atoms with Gasteiger partial charge in [-0.1, -0.05) is 31.2 Å². The number of carbonyl (C=O) groups is 2. The van der Waals surface area contributed by atoms with Gasteiger partial charge in [-0.25, -0.2) is 13.2 Å². The normalized spacial score (nSPS) is 12.1. The zero-order chi connectivity index (χ0) is 21.6. The minimum atomic E-state index is -3.71. The van der Waals surface area contributed by atoms with E-state index in [4.69, 9.17) is 4.74 Å². The molecule has 0 radical (unpaired) electrons. The zero-order valence-electron chi connectivity index (χ0n) is 17.0. The molecule has 0 aliphatic rings. The van der Waals surface area contributed by atoms with E-state index >= 15 is 0 Å². The average Bonchev–Trinajstić information content (AvgIpc) is 2.67. The monoisotopic (exact) mass is 418 g/mol. The summed E-state index contributed by atoms with van der Waals surface area (Å²) in [6.45, 7) is 5.49. The van der Waals surface area contributed by atoms with E-state index in [-0.39, 0.29) is 13.0 Å². The Morgan fingerprint density at radius 1 is 1.10 bits per heavy atom. The zero-order valence-corrected chi connectivity index (χ0v) is 17.8. The van der Waals surface area contributed by atoms with Crippen molar-refractivity contribution >= 4 is 33.3 Å².